The number of carbonyl (C=O) groups is 2. The lowest BCUT2D eigenvalue weighted by Gasteiger charge is -2.68. The van der Waals surface area contributed by atoms with Crippen molar-refractivity contribution in [2.75, 3.05) is 0 Å². The second-order valence-electron chi connectivity index (χ2n) is 8.33. The van der Waals surface area contributed by atoms with Gasteiger partial charge in [0.15, 0.2) is 11.2 Å². The lowest BCUT2D eigenvalue weighted by Crippen LogP contribution is -2.79. The maximum Gasteiger partial charge on any atom is 0.333 e. The van der Waals surface area contributed by atoms with E-state index in [1.54, 1.807) is 13.8 Å². The molecule has 0 aromatic heterocycles. The molecule has 0 aromatic rings. The molecule has 5 nitrogen and oxygen atoms in total. The van der Waals surface area contributed by atoms with Crippen molar-refractivity contribution in [3.05, 3.63) is 24.3 Å². The van der Waals surface area contributed by atoms with Crippen molar-refractivity contribution in [2.24, 2.45) is 11.8 Å². The van der Waals surface area contributed by atoms with Crippen molar-refractivity contribution in [3.8, 4) is 0 Å². The molecule has 25 heavy (non-hydrogen) atoms. The van der Waals surface area contributed by atoms with Crippen molar-refractivity contribution in [1.29, 1.82) is 0 Å². The van der Waals surface area contributed by atoms with E-state index in [4.69, 9.17) is 9.47 Å². The molecule has 4 aliphatic rings. The second kappa shape index (κ2) is 5.70. The number of hydrogen-bond donors (Lipinski definition) is 1. The van der Waals surface area contributed by atoms with Gasteiger partial charge in [0.2, 0.25) is 0 Å². The van der Waals surface area contributed by atoms with E-state index in [9.17, 15) is 14.7 Å². The molecule has 4 rings (SSSR count). The number of ether oxygens (including phenoxy) is 2. The highest BCUT2D eigenvalue weighted by molar-refractivity contribution is 5.88. The van der Waals surface area contributed by atoms with Crippen molar-refractivity contribution >= 4 is 11.9 Å². The van der Waals surface area contributed by atoms with Crippen LogP contribution in [0.5, 0.6) is 0 Å². The summed E-state index contributed by atoms with van der Waals surface area (Å²) in [6.45, 7) is 12.4. The number of carbonyl (C=O) groups excluding carboxylic acids is 2. The summed E-state index contributed by atoms with van der Waals surface area (Å²) in [6.07, 6.45) is 3.79. The van der Waals surface area contributed by atoms with E-state index in [0.717, 1.165) is 6.42 Å². The molecule has 0 heterocycles. The molecule has 0 amide bonds. The Bertz CT molecular complexity index is 634. The van der Waals surface area contributed by atoms with Gasteiger partial charge in [-0.3, -0.25) is 0 Å². The van der Waals surface area contributed by atoms with E-state index in [1.807, 2.05) is 6.92 Å². The molecule has 3 unspecified atom stereocenters. The highest BCUT2D eigenvalue weighted by Crippen LogP contribution is 2.65. The lowest BCUT2D eigenvalue weighted by atomic mass is 9.44. The van der Waals surface area contributed by atoms with Crippen LogP contribution in [-0.2, 0) is 19.1 Å². The van der Waals surface area contributed by atoms with Crippen molar-refractivity contribution in [3.63, 3.8) is 0 Å². The van der Waals surface area contributed by atoms with Gasteiger partial charge in [0, 0.05) is 11.1 Å². The SMILES string of the molecule is C=C(C)C(=O)OC12CC3CC(CC(O)(C3)C1(CC)OC(=O)C(=C)C)C2. The van der Waals surface area contributed by atoms with E-state index in [1.165, 1.54) is 0 Å². The van der Waals surface area contributed by atoms with Gasteiger partial charge in [0.1, 0.15) is 5.60 Å². The van der Waals surface area contributed by atoms with Gasteiger partial charge in [-0.25, -0.2) is 9.59 Å². The number of rotatable bonds is 5. The van der Waals surface area contributed by atoms with Gasteiger partial charge >= 0.3 is 11.9 Å². The molecule has 4 saturated carbocycles. The topological polar surface area (TPSA) is 72.8 Å². The van der Waals surface area contributed by atoms with E-state index in [2.05, 4.69) is 13.2 Å². The Hall–Kier alpha value is -1.62. The third kappa shape index (κ3) is 2.47. The normalized spacial score (nSPS) is 41.3. The average Bonchev–Trinajstić information content (AvgIpc) is 2.49. The zero-order valence-corrected chi connectivity index (χ0v) is 15.4. The monoisotopic (exact) mass is 348 g/mol. The van der Waals surface area contributed by atoms with Crippen molar-refractivity contribution in [1.82, 2.24) is 0 Å². The van der Waals surface area contributed by atoms with Crippen LogP contribution in [0.1, 0.15) is 59.3 Å². The molecule has 0 saturated heterocycles. The molecule has 0 radical (unpaired) electrons. The zero-order valence-electron chi connectivity index (χ0n) is 15.4. The first-order valence-electron chi connectivity index (χ1n) is 9.08. The van der Waals surface area contributed by atoms with Crippen LogP contribution in [0.2, 0.25) is 0 Å². The lowest BCUT2D eigenvalue weighted by molar-refractivity contribution is -0.332. The Balaban J connectivity index is 2.10. The summed E-state index contributed by atoms with van der Waals surface area (Å²) in [7, 11) is 0. The Morgan fingerprint density at radius 2 is 1.48 bits per heavy atom. The van der Waals surface area contributed by atoms with Gasteiger partial charge in [-0.2, -0.15) is 0 Å². The van der Waals surface area contributed by atoms with E-state index in [-0.39, 0.29) is 17.4 Å². The Morgan fingerprint density at radius 3 is 1.92 bits per heavy atom. The first-order chi connectivity index (χ1) is 11.6. The summed E-state index contributed by atoms with van der Waals surface area (Å²) in [5.41, 5.74) is -2.84. The number of esters is 2. The quantitative estimate of drug-likeness (QED) is 0.611. The van der Waals surface area contributed by atoms with Crippen LogP contribution < -0.4 is 0 Å². The largest absolute Gasteiger partial charge is 0.451 e. The molecule has 5 heteroatoms. The zero-order chi connectivity index (χ0) is 18.6. The molecule has 4 fully saturated rings. The summed E-state index contributed by atoms with van der Waals surface area (Å²) < 4.78 is 11.9. The second-order valence-corrected chi connectivity index (χ2v) is 8.33. The third-order valence-corrected chi connectivity index (χ3v) is 6.39. The Labute approximate surface area is 149 Å². The molecule has 0 aliphatic heterocycles. The van der Waals surface area contributed by atoms with Crippen LogP contribution in [0, 0.1) is 11.8 Å². The first kappa shape index (κ1) is 18.2. The molecular formula is C20H28O5. The van der Waals surface area contributed by atoms with Gasteiger partial charge in [-0.1, -0.05) is 20.1 Å². The minimum absolute atomic E-state index is 0.270. The van der Waals surface area contributed by atoms with E-state index >= 15 is 0 Å². The molecule has 4 aliphatic carbocycles. The van der Waals surface area contributed by atoms with Crippen molar-refractivity contribution in [2.45, 2.75) is 76.1 Å². The summed E-state index contributed by atoms with van der Waals surface area (Å²) >= 11 is 0. The van der Waals surface area contributed by atoms with Gasteiger partial charge in [-0.05, 0) is 64.2 Å². The maximum atomic E-state index is 12.4. The minimum atomic E-state index is -1.24. The van der Waals surface area contributed by atoms with Gasteiger partial charge in [0.25, 0.3) is 0 Å². The first-order valence-corrected chi connectivity index (χ1v) is 9.08. The molecule has 138 valence electrons. The molecule has 1 N–H and O–H groups in total. The van der Waals surface area contributed by atoms with Crippen LogP contribution >= 0.6 is 0 Å². The predicted octanol–water partition coefficient (Wildman–Crippen LogP) is 3.07. The highest BCUT2D eigenvalue weighted by Gasteiger charge is 2.75. The third-order valence-electron chi connectivity index (χ3n) is 6.39. The molecule has 0 spiro atoms. The van der Waals surface area contributed by atoms with Gasteiger partial charge in [0.05, 0.1) is 0 Å². The summed E-state index contributed by atoms with van der Waals surface area (Å²) in [4.78, 5) is 24.8. The van der Waals surface area contributed by atoms with Crippen LogP contribution in [0.4, 0.5) is 0 Å². The fourth-order valence-electron chi connectivity index (χ4n) is 5.67. The number of aliphatic hydroxyl groups is 1. The Kier molecular flexibility index (Phi) is 4.14. The summed E-state index contributed by atoms with van der Waals surface area (Å²) in [5, 5.41) is 11.5. The highest BCUT2D eigenvalue weighted by atomic mass is 16.6. The molecular weight excluding hydrogens is 320 g/mol. The molecule has 0 aromatic carbocycles. The maximum absolute atomic E-state index is 12.4. The molecule has 3 atom stereocenters. The van der Waals surface area contributed by atoms with Crippen LogP contribution in [0.25, 0.3) is 0 Å². The van der Waals surface area contributed by atoms with Crippen molar-refractivity contribution < 1.29 is 24.2 Å². The number of hydrogen-bond acceptors (Lipinski definition) is 5. The van der Waals surface area contributed by atoms with Gasteiger partial charge < -0.3 is 14.6 Å². The average molecular weight is 348 g/mol. The summed E-state index contributed by atoms with van der Waals surface area (Å²) in [6, 6.07) is 0. The molecule has 4 bridgehead atoms. The fraction of sp³-hybridized carbons (Fsp3) is 0.700. The van der Waals surface area contributed by atoms with Gasteiger partial charge in [-0.15, -0.1) is 0 Å². The standard InChI is InChI=1S/C20H28O5/c1-6-20(25-17(22)13(4)5)18(23)8-14-7-15(9-18)11-19(20,10-14)24-16(21)12(2)3/h14-15,23H,2,4,6-11H2,1,3,5H3. The van der Waals surface area contributed by atoms with Crippen LogP contribution in [-0.4, -0.2) is 33.8 Å². The van der Waals surface area contributed by atoms with Crippen LogP contribution in [0.3, 0.4) is 0 Å². The summed E-state index contributed by atoms with van der Waals surface area (Å²) in [5.74, 6) is -0.486. The predicted molar refractivity (Wildman–Crippen MR) is 92.6 cm³/mol. The fourth-order valence-corrected chi connectivity index (χ4v) is 5.67. The smallest absolute Gasteiger partial charge is 0.333 e. The Morgan fingerprint density at radius 1 is 1.00 bits per heavy atom. The van der Waals surface area contributed by atoms with Crippen LogP contribution in [0.15, 0.2) is 24.3 Å². The van der Waals surface area contributed by atoms with E-state index in [0.29, 0.717) is 37.7 Å². The minimum Gasteiger partial charge on any atom is -0.451 e. The van der Waals surface area contributed by atoms with E-state index < -0.39 is 28.7 Å².